The average Bonchev–Trinajstić information content (AvgIpc) is 2.92. The standard InChI is InChI=1S/C14H27N3Si/c1-18(2,13-7-3-4-8-13)17-12-6-11-16-10-5-9-15-14(16)17/h13H,3-12H2,1-2H3. The van der Waals surface area contributed by atoms with Gasteiger partial charge in [-0.25, -0.2) is 0 Å². The van der Waals surface area contributed by atoms with Gasteiger partial charge in [0.1, 0.15) is 0 Å². The molecule has 2 aliphatic heterocycles. The van der Waals surface area contributed by atoms with Crippen molar-refractivity contribution in [3.8, 4) is 0 Å². The fraction of sp³-hybridized carbons (Fsp3) is 0.929. The predicted octanol–water partition coefficient (Wildman–Crippen LogP) is 2.90. The lowest BCUT2D eigenvalue weighted by Gasteiger charge is -2.50. The maximum absolute atomic E-state index is 4.87. The lowest BCUT2D eigenvalue weighted by molar-refractivity contribution is 0.294. The number of hydrogen-bond acceptors (Lipinski definition) is 3. The number of rotatable bonds is 2. The molecule has 4 heteroatoms. The quantitative estimate of drug-likeness (QED) is 0.715. The Morgan fingerprint density at radius 1 is 1.00 bits per heavy atom. The average molecular weight is 265 g/mol. The van der Waals surface area contributed by atoms with Crippen molar-refractivity contribution in [3.05, 3.63) is 0 Å². The van der Waals surface area contributed by atoms with E-state index in [0.29, 0.717) is 0 Å². The van der Waals surface area contributed by atoms with Crippen molar-refractivity contribution < 1.29 is 0 Å². The summed E-state index contributed by atoms with van der Waals surface area (Å²) in [5, 5.41) is 0. The van der Waals surface area contributed by atoms with Gasteiger partial charge in [0.2, 0.25) is 0 Å². The van der Waals surface area contributed by atoms with E-state index in [1.807, 2.05) is 0 Å². The molecule has 18 heavy (non-hydrogen) atoms. The molecule has 0 atom stereocenters. The monoisotopic (exact) mass is 265 g/mol. The van der Waals surface area contributed by atoms with E-state index in [4.69, 9.17) is 4.99 Å². The summed E-state index contributed by atoms with van der Waals surface area (Å²) in [7, 11) is -1.32. The predicted molar refractivity (Wildman–Crippen MR) is 79.5 cm³/mol. The van der Waals surface area contributed by atoms with Crippen LogP contribution in [0.3, 0.4) is 0 Å². The maximum Gasteiger partial charge on any atom is 0.188 e. The molecule has 0 aromatic rings. The van der Waals surface area contributed by atoms with Gasteiger partial charge >= 0.3 is 0 Å². The first-order valence-corrected chi connectivity index (χ1v) is 10.8. The Bertz CT molecular complexity index is 334. The highest BCUT2D eigenvalue weighted by atomic mass is 28.3. The zero-order chi connectivity index (χ0) is 12.6. The normalized spacial score (nSPS) is 26.2. The van der Waals surface area contributed by atoms with Crippen LogP contribution in [0.5, 0.6) is 0 Å². The Morgan fingerprint density at radius 2 is 1.72 bits per heavy atom. The van der Waals surface area contributed by atoms with Crippen LogP contribution in [-0.2, 0) is 0 Å². The fourth-order valence-electron chi connectivity index (χ4n) is 4.03. The molecule has 3 aliphatic rings. The summed E-state index contributed by atoms with van der Waals surface area (Å²) in [5.74, 6) is 1.37. The van der Waals surface area contributed by atoms with Crippen LogP contribution >= 0.6 is 0 Å². The van der Waals surface area contributed by atoms with Crippen LogP contribution in [0.4, 0.5) is 0 Å². The summed E-state index contributed by atoms with van der Waals surface area (Å²) in [6, 6.07) is 0. The van der Waals surface area contributed by atoms with Crippen LogP contribution in [0, 0.1) is 0 Å². The zero-order valence-corrected chi connectivity index (χ0v) is 13.0. The Morgan fingerprint density at radius 3 is 2.50 bits per heavy atom. The van der Waals surface area contributed by atoms with Crippen molar-refractivity contribution in [1.82, 2.24) is 9.47 Å². The number of fused-ring (bicyclic) bond motifs is 1. The van der Waals surface area contributed by atoms with Crippen LogP contribution in [0.2, 0.25) is 18.6 Å². The third kappa shape index (κ3) is 2.08. The van der Waals surface area contributed by atoms with E-state index < -0.39 is 8.24 Å². The molecule has 0 spiro atoms. The highest BCUT2D eigenvalue weighted by Crippen LogP contribution is 2.41. The minimum Gasteiger partial charge on any atom is -0.370 e. The van der Waals surface area contributed by atoms with Crippen molar-refractivity contribution in [2.24, 2.45) is 4.99 Å². The highest BCUT2D eigenvalue weighted by Gasteiger charge is 2.43. The summed E-state index contributed by atoms with van der Waals surface area (Å²) < 4.78 is 2.77. The SMILES string of the molecule is C[Si](C)(C1CCCC1)N1CCCN2CCCN=C21. The van der Waals surface area contributed by atoms with Gasteiger partial charge in [0.05, 0.1) is 0 Å². The molecule has 0 amide bonds. The number of nitrogens with zero attached hydrogens (tertiary/aromatic N) is 3. The molecular weight excluding hydrogens is 238 g/mol. The number of hydrogen-bond donors (Lipinski definition) is 0. The minimum absolute atomic E-state index is 1.00. The van der Waals surface area contributed by atoms with E-state index in [1.54, 1.807) is 0 Å². The third-order valence-corrected chi connectivity index (χ3v) is 9.61. The van der Waals surface area contributed by atoms with Gasteiger partial charge in [-0.15, -0.1) is 0 Å². The van der Waals surface area contributed by atoms with Crippen LogP contribution < -0.4 is 0 Å². The van der Waals surface area contributed by atoms with Gasteiger partial charge in [-0.05, 0) is 18.4 Å². The third-order valence-electron chi connectivity index (χ3n) is 5.22. The van der Waals surface area contributed by atoms with Crippen LogP contribution in [0.1, 0.15) is 38.5 Å². The molecule has 2 fully saturated rings. The second kappa shape index (κ2) is 4.87. The van der Waals surface area contributed by atoms with Crippen molar-refractivity contribution in [3.63, 3.8) is 0 Å². The molecule has 1 saturated carbocycles. The first-order chi connectivity index (χ1) is 8.69. The van der Waals surface area contributed by atoms with Gasteiger partial charge in [0, 0.05) is 26.2 Å². The second-order valence-corrected chi connectivity index (χ2v) is 11.3. The molecule has 0 bridgehead atoms. The summed E-state index contributed by atoms with van der Waals surface area (Å²) in [6.07, 6.45) is 8.47. The maximum atomic E-state index is 4.87. The van der Waals surface area contributed by atoms with Crippen LogP contribution in [0.25, 0.3) is 0 Å². The first-order valence-electron chi connectivity index (χ1n) is 7.76. The Hall–Kier alpha value is -0.513. The molecule has 3 rings (SSSR count). The molecule has 1 aliphatic carbocycles. The first kappa shape index (κ1) is 12.5. The Balaban J connectivity index is 1.82. The van der Waals surface area contributed by atoms with Crippen molar-refractivity contribution >= 4 is 14.2 Å². The molecule has 3 nitrogen and oxygen atoms in total. The van der Waals surface area contributed by atoms with Crippen molar-refractivity contribution in [1.29, 1.82) is 0 Å². The molecular formula is C14H27N3Si. The van der Waals surface area contributed by atoms with Gasteiger partial charge in [-0.3, -0.25) is 4.99 Å². The molecule has 0 N–H and O–H groups in total. The molecule has 0 unspecified atom stereocenters. The van der Waals surface area contributed by atoms with Gasteiger partial charge < -0.3 is 9.47 Å². The summed E-state index contributed by atoms with van der Waals surface area (Å²) in [6.45, 7) is 9.98. The van der Waals surface area contributed by atoms with E-state index >= 15 is 0 Å². The summed E-state index contributed by atoms with van der Waals surface area (Å²) in [4.78, 5) is 7.43. The molecule has 2 heterocycles. The minimum atomic E-state index is -1.32. The van der Waals surface area contributed by atoms with Gasteiger partial charge in [-0.1, -0.05) is 38.8 Å². The number of aliphatic imine (C=N–C) groups is 1. The van der Waals surface area contributed by atoms with E-state index in [-0.39, 0.29) is 0 Å². The van der Waals surface area contributed by atoms with Crippen LogP contribution in [-0.4, -0.2) is 49.8 Å². The van der Waals surface area contributed by atoms with Gasteiger partial charge in [-0.2, -0.15) is 0 Å². The zero-order valence-electron chi connectivity index (χ0n) is 12.0. The highest BCUT2D eigenvalue weighted by molar-refractivity contribution is 6.78. The Kier molecular flexibility index (Phi) is 3.39. The van der Waals surface area contributed by atoms with Crippen molar-refractivity contribution in [2.45, 2.75) is 57.2 Å². The van der Waals surface area contributed by atoms with Crippen molar-refractivity contribution in [2.75, 3.05) is 26.2 Å². The lowest BCUT2D eigenvalue weighted by atomic mass is 10.2. The van der Waals surface area contributed by atoms with Gasteiger partial charge in [0.25, 0.3) is 0 Å². The molecule has 0 aromatic heterocycles. The molecule has 1 saturated heterocycles. The number of guanidine groups is 1. The Labute approximate surface area is 112 Å². The summed E-state index contributed by atoms with van der Waals surface area (Å²) in [5.41, 5.74) is 1.00. The second-order valence-electron chi connectivity index (χ2n) is 6.66. The van der Waals surface area contributed by atoms with E-state index in [2.05, 4.69) is 22.6 Å². The molecule has 0 radical (unpaired) electrons. The van der Waals surface area contributed by atoms with E-state index in [1.165, 1.54) is 64.1 Å². The van der Waals surface area contributed by atoms with Gasteiger partial charge in [0.15, 0.2) is 14.2 Å². The van der Waals surface area contributed by atoms with E-state index in [0.717, 1.165) is 12.1 Å². The van der Waals surface area contributed by atoms with E-state index in [9.17, 15) is 0 Å². The molecule has 102 valence electrons. The smallest absolute Gasteiger partial charge is 0.188 e. The van der Waals surface area contributed by atoms with Crippen LogP contribution in [0.15, 0.2) is 4.99 Å². The lowest BCUT2D eigenvalue weighted by Crippen LogP contribution is -2.63. The topological polar surface area (TPSA) is 18.8 Å². The molecule has 0 aromatic carbocycles. The largest absolute Gasteiger partial charge is 0.370 e. The summed E-state index contributed by atoms with van der Waals surface area (Å²) >= 11 is 0. The fourth-order valence-corrected chi connectivity index (χ4v) is 7.75.